The first kappa shape index (κ1) is 27.8. The normalized spacial score (nSPS) is 11.3. The van der Waals surface area contributed by atoms with E-state index < -0.39 is 0 Å². The van der Waals surface area contributed by atoms with Gasteiger partial charge in [0.1, 0.15) is 0 Å². The van der Waals surface area contributed by atoms with E-state index in [2.05, 4.69) is 119 Å². The third kappa shape index (κ3) is 4.88. The third-order valence-electron chi connectivity index (χ3n) is 9.11. The van der Waals surface area contributed by atoms with E-state index in [1.165, 1.54) is 43.8 Å². The lowest BCUT2D eigenvalue weighted by atomic mass is 9.89. The third-order valence-corrected chi connectivity index (χ3v) is 9.11. The highest BCUT2D eigenvalue weighted by molar-refractivity contribution is 6.12. The van der Waals surface area contributed by atoms with Gasteiger partial charge in [-0.15, -0.1) is 0 Å². The van der Waals surface area contributed by atoms with Gasteiger partial charge in [0, 0.05) is 52.9 Å². The van der Waals surface area contributed by atoms with Gasteiger partial charge in [-0.2, -0.15) is 0 Å². The summed E-state index contributed by atoms with van der Waals surface area (Å²) in [6.45, 7) is 0. The quantitative estimate of drug-likeness (QED) is 0.181. The molecular weight excluding hydrogens is 585 g/mol. The van der Waals surface area contributed by atoms with Gasteiger partial charge in [-0.1, -0.05) is 84.9 Å². The second-order valence-corrected chi connectivity index (χ2v) is 11.9. The summed E-state index contributed by atoms with van der Waals surface area (Å²) in [6.07, 6.45) is 9.12. The Balaban J connectivity index is 1.21. The standard InChI is InChI=1S/C44H28N4/c1-2-11-38-36(34-27-42(29-16-21-45-22-17-29)48-43(28-34)30-18-23-46-24-19-30)15-14-35(37(38)10-1)31-7-5-8-32(25-31)41-26-33-9-6-20-47-44(33)40-13-4-3-12-39(40)41/h1-28H. The van der Waals surface area contributed by atoms with Gasteiger partial charge in [0.2, 0.25) is 0 Å². The average Bonchev–Trinajstić information content (AvgIpc) is 3.17. The zero-order chi connectivity index (χ0) is 31.9. The Bertz CT molecular complexity index is 2560. The summed E-state index contributed by atoms with van der Waals surface area (Å²) in [7, 11) is 0. The predicted molar refractivity (Wildman–Crippen MR) is 197 cm³/mol. The van der Waals surface area contributed by atoms with E-state index in [4.69, 9.17) is 9.97 Å². The fourth-order valence-corrected chi connectivity index (χ4v) is 6.84. The van der Waals surface area contributed by atoms with Crippen molar-refractivity contribution in [3.63, 3.8) is 0 Å². The second-order valence-electron chi connectivity index (χ2n) is 11.9. The lowest BCUT2D eigenvalue weighted by Gasteiger charge is -2.15. The lowest BCUT2D eigenvalue weighted by Crippen LogP contribution is -1.93. The molecule has 0 saturated carbocycles. The number of hydrogen-bond acceptors (Lipinski definition) is 4. The molecule has 224 valence electrons. The van der Waals surface area contributed by atoms with Crippen molar-refractivity contribution in [2.24, 2.45) is 0 Å². The molecule has 0 spiro atoms. The summed E-state index contributed by atoms with van der Waals surface area (Å²) in [5.74, 6) is 0. The van der Waals surface area contributed by atoms with Crippen LogP contribution in [0.5, 0.6) is 0 Å². The second kappa shape index (κ2) is 11.7. The molecule has 9 rings (SSSR count). The Morgan fingerprint density at radius 2 is 0.875 bits per heavy atom. The monoisotopic (exact) mass is 612 g/mol. The summed E-state index contributed by atoms with van der Waals surface area (Å²) < 4.78 is 0. The van der Waals surface area contributed by atoms with E-state index in [-0.39, 0.29) is 0 Å². The highest BCUT2D eigenvalue weighted by Crippen LogP contribution is 2.40. The van der Waals surface area contributed by atoms with E-state index in [0.29, 0.717) is 0 Å². The number of hydrogen-bond donors (Lipinski definition) is 0. The SMILES string of the molecule is c1cc(-c2ccc(-c3cc(-c4ccncc4)nc(-c4ccncc4)c3)c3ccccc23)cc(-c2cc3cccnc3c3ccccc23)c1. The van der Waals surface area contributed by atoms with Gasteiger partial charge in [0.15, 0.2) is 0 Å². The van der Waals surface area contributed by atoms with Gasteiger partial charge in [-0.05, 0) is 104 Å². The minimum atomic E-state index is 0.903. The molecule has 0 unspecified atom stereocenters. The first-order chi connectivity index (χ1) is 23.8. The Morgan fingerprint density at radius 1 is 0.333 bits per heavy atom. The van der Waals surface area contributed by atoms with Crippen LogP contribution in [0.1, 0.15) is 0 Å². The Labute approximate surface area is 278 Å². The number of aromatic nitrogens is 4. The molecular formula is C44H28N4. The lowest BCUT2D eigenvalue weighted by molar-refractivity contribution is 1.27. The molecule has 0 bridgehead atoms. The Kier molecular flexibility index (Phi) is 6.76. The van der Waals surface area contributed by atoms with Gasteiger partial charge in [0.05, 0.1) is 16.9 Å². The molecule has 4 heterocycles. The number of rotatable bonds is 5. The molecule has 0 atom stereocenters. The van der Waals surface area contributed by atoms with Crippen molar-refractivity contribution in [2.75, 3.05) is 0 Å². The van der Waals surface area contributed by atoms with Crippen molar-refractivity contribution in [1.29, 1.82) is 0 Å². The molecule has 0 amide bonds. The van der Waals surface area contributed by atoms with Crippen molar-refractivity contribution in [1.82, 2.24) is 19.9 Å². The van der Waals surface area contributed by atoms with Crippen LogP contribution in [0.2, 0.25) is 0 Å². The van der Waals surface area contributed by atoms with Crippen molar-refractivity contribution in [3.8, 4) is 55.9 Å². The maximum atomic E-state index is 5.06. The molecule has 0 aliphatic carbocycles. The van der Waals surface area contributed by atoms with E-state index in [1.54, 1.807) is 0 Å². The van der Waals surface area contributed by atoms with Crippen molar-refractivity contribution >= 4 is 32.4 Å². The summed E-state index contributed by atoms with van der Waals surface area (Å²) in [4.78, 5) is 18.2. The van der Waals surface area contributed by atoms with Gasteiger partial charge < -0.3 is 0 Å². The van der Waals surface area contributed by atoms with Crippen molar-refractivity contribution in [3.05, 3.63) is 171 Å². The maximum absolute atomic E-state index is 5.06. The highest BCUT2D eigenvalue weighted by Gasteiger charge is 2.15. The Morgan fingerprint density at radius 3 is 1.50 bits per heavy atom. The first-order valence-electron chi connectivity index (χ1n) is 16.0. The molecule has 9 aromatic rings. The number of pyridine rings is 4. The van der Waals surface area contributed by atoms with Crippen molar-refractivity contribution in [2.45, 2.75) is 0 Å². The van der Waals surface area contributed by atoms with Crippen LogP contribution in [0.25, 0.3) is 88.3 Å². The van der Waals surface area contributed by atoms with Crippen LogP contribution in [0.4, 0.5) is 0 Å². The minimum absolute atomic E-state index is 0.903. The van der Waals surface area contributed by atoms with Gasteiger partial charge in [-0.25, -0.2) is 4.98 Å². The number of benzene rings is 5. The molecule has 0 N–H and O–H groups in total. The fraction of sp³-hybridized carbons (Fsp3) is 0. The fourth-order valence-electron chi connectivity index (χ4n) is 6.84. The van der Waals surface area contributed by atoms with Crippen LogP contribution in [0, 0.1) is 0 Å². The van der Waals surface area contributed by atoms with Crippen molar-refractivity contribution < 1.29 is 0 Å². The minimum Gasteiger partial charge on any atom is -0.265 e. The molecule has 0 fully saturated rings. The maximum Gasteiger partial charge on any atom is 0.0780 e. The van der Waals surface area contributed by atoms with Crippen LogP contribution >= 0.6 is 0 Å². The van der Waals surface area contributed by atoms with Gasteiger partial charge >= 0.3 is 0 Å². The predicted octanol–water partition coefficient (Wildman–Crippen LogP) is 11.1. The summed E-state index contributed by atoms with van der Waals surface area (Å²) >= 11 is 0. The van der Waals surface area contributed by atoms with Gasteiger partial charge in [-0.3, -0.25) is 15.0 Å². The zero-order valence-corrected chi connectivity index (χ0v) is 26.0. The molecule has 4 heteroatoms. The molecule has 5 aromatic carbocycles. The molecule has 4 aromatic heterocycles. The van der Waals surface area contributed by atoms with Crippen LogP contribution in [-0.4, -0.2) is 19.9 Å². The first-order valence-corrected chi connectivity index (χ1v) is 16.0. The van der Waals surface area contributed by atoms with Crippen LogP contribution in [0.15, 0.2) is 171 Å². The summed E-state index contributed by atoms with van der Waals surface area (Å²) in [6, 6.07) is 49.5. The average molecular weight is 613 g/mol. The molecule has 4 nitrogen and oxygen atoms in total. The zero-order valence-electron chi connectivity index (χ0n) is 26.0. The van der Waals surface area contributed by atoms with E-state index >= 15 is 0 Å². The van der Waals surface area contributed by atoms with Crippen LogP contribution < -0.4 is 0 Å². The van der Waals surface area contributed by atoms with Crippen LogP contribution in [0.3, 0.4) is 0 Å². The molecule has 0 radical (unpaired) electrons. The molecule has 48 heavy (non-hydrogen) atoms. The highest BCUT2D eigenvalue weighted by atomic mass is 14.7. The van der Waals surface area contributed by atoms with E-state index in [1.807, 2.05) is 61.3 Å². The van der Waals surface area contributed by atoms with E-state index in [0.717, 1.165) is 44.5 Å². The van der Waals surface area contributed by atoms with E-state index in [9.17, 15) is 0 Å². The Hall–Kier alpha value is -6.52. The largest absolute Gasteiger partial charge is 0.265 e. The smallest absolute Gasteiger partial charge is 0.0780 e. The summed E-state index contributed by atoms with van der Waals surface area (Å²) in [5.41, 5.74) is 11.9. The number of fused-ring (bicyclic) bond motifs is 4. The van der Waals surface area contributed by atoms with Crippen LogP contribution in [-0.2, 0) is 0 Å². The molecule has 0 saturated heterocycles. The number of nitrogens with zero attached hydrogens (tertiary/aromatic N) is 4. The molecule has 0 aliphatic rings. The topological polar surface area (TPSA) is 51.6 Å². The molecule has 0 aliphatic heterocycles. The summed E-state index contributed by atoms with van der Waals surface area (Å²) in [5, 5.41) is 5.90. The van der Waals surface area contributed by atoms with Gasteiger partial charge in [0.25, 0.3) is 0 Å².